The molecule has 7 nitrogen and oxygen atoms in total. The van der Waals surface area contributed by atoms with E-state index in [2.05, 4.69) is 10.4 Å². The fourth-order valence-electron chi connectivity index (χ4n) is 3.85. The number of ether oxygens (including phenoxy) is 1. The number of hydrogen-bond acceptors (Lipinski definition) is 4. The van der Waals surface area contributed by atoms with Crippen LogP contribution < -0.4 is 15.0 Å². The maximum atomic E-state index is 12.4. The lowest BCUT2D eigenvalue weighted by Gasteiger charge is -2.31. The fraction of sp³-hybridized carbons (Fsp3) is 0.190. The Labute approximate surface area is 161 Å². The Kier molecular flexibility index (Phi) is 3.68. The molecule has 0 aliphatic carbocycles. The van der Waals surface area contributed by atoms with Crippen LogP contribution in [0.4, 0.5) is 11.4 Å². The Morgan fingerprint density at radius 2 is 1.96 bits per heavy atom. The van der Waals surface area contributed by atoms with Crippen LogP contribution in [0.1, 0.15) is 23.6 Å². The lowest BCUT2D eigenvalue weighted by atomic mass is 9.87. The third-order valence-corrected chi connectivity index (χ3v) is 5.29. The van der Waals surface area contributed by atoms with Crippen molar-refractivity contribution in [3.8, 4) is 11.4 Å². The van der Waals surface area contributed by atoms with Crippen molar-refractivity contribution in [1.82, 2.24) is 9.78 Å². The second kappa shape index (κ2) is 6.23. The van der Waals surface area contributed by atoms with Gasteiger partial charge in [0, 0.05) is 31.3 Å². The summed E-state index contributed by atoms with van der Waals surface area (Å²) in [4.78, 5) is 25.9. The van der Waals surface area contributed by atoms with E-state index in [1.54, 1.807) is 18.1 Å². The minimum Gasteiger partial charge on any atom is -0.482 e. The largest absolute Gasteiger partial charge is 0.482 e. The SMILES string of the molecule is CN1C(=O)COc2cc3c(cc21)NC(=O)C[C@H]3c1ccnn1-c1ccccc1. The number of aromatic nitrogens is 2. The molecule has 1 aromatic heterocycles. The van der Waals surface area contributed by atoms with Crippen molar-refractivity contribution in [2.45, 2.75) is 12.3 Å². The summed E-state index contributed by atoms with van der Waals surface area (Å²) in [5.74, 6) is 0.299. The number of fused-ring (bicyclic) bond motifs is 2. The Hall–Kier alpha value is -3.61. The number of benzene rings is 2. The molecule has 3 aromatic rings. The fourth-order valence-corrected chi connectivity index (χ4v) is 3.85. The molecular weight excluding hydrogens is 356 g/mol. The van der Waals surface area contributed by atoms with Gasteiger partial charge in [0.25, 0.3) is 5.91 Å². The van der Waals surface area contributed by atoms with Crippen LogP contribution in [0.2, 0.25) is 0 Å². The van der Waals surface area contributed by atoms with Crippen molar-refractivity contribution >= 4 is 23.2 Å². The molecule has 0 saturated heterocycles. The summed E-state index contributed by atoms with van der Waals surface area (Å²) in [5.41, 5.74) is 4.19. The summed E-state index contributed by atoms with van der Waals surface area (Å²) in [6.45, 7) is 0.0151. The first-order chi connectivity index (χ1) is 13.6. The van der Waals surface area contributed by atoms with Crippen LogP contribution in [-0.2, 0) is 9.59 Å². The van der Waals surface area contributed by atoms with E-state index < -0.39 is 0 Å². The molecule has 0 spiro atoms. The van der Waals surface area contributed by atoms with E-state index in [9.17, 15) is 9.59 Å². The molecule has 2 aliphatic rings. The van der Waals surface area contributed by atoms with Crippen LogP contribution in [0.25, 0.3) is 5.69 Å². The molecule has 1 N–H and O–H groups in total. The Bertz CT molecular complexity index is 1090. The summed E-state index contributed by atoms with van der Waals surface area (Å²) < 4.78 is 7.52. The highest BCUT2D eigenvalue weighted by atomic mass is 16.5. The van der Waals surface area contributed by atoms with Gasteiger partial charge in [0.2, 0.25) is 5.91 Å². The Morgan fingerprint density at radius 1 is 1.14 bits per heavy atom. The van der Waals surface area contributed by atoms with Crippen molar-refractivity contribution in [2.24, 2.45) is 0 Å². The Balaban J connectivity index is 1.64. The molecular formula is C21H18N4O3. The highest BCUT2D eigenvalue weighted by molar-refractivity contribution is 6.01. The third-order valence-electron chi connectivity index (χ3n) is 5.29. The average Bonchev–Trinajstić information content (AvgIpc) is 3.20. The molecule has 0 unspecified atom stereocenters. The zero-order chi connectivity index (χ0) is 19.3. The van der Waals surface area contributed by atoms with E-state index in [-0.39, 0.29) is 24.3 Å². The molecule has 0 saturated carbocycles. The number of likely N-dealkylation sites (N-methyl/N-ethyl adjacent to an activating group) is 1. The molecule has 0 bridgehead atoms. The van der Waals surface area contributed by atoms with Gasteiger partial charge in [-0.15, -0.1) is 0 Å². The number of carbonyl (C=O) groups excluding carboxylic acids is 2. The zero-order valence-corrected chi connectivity index (χ0v) is 15.3. The first-order valence-electron chi connectivity index (χ1n) is 9.08. The van der Waals surface area contributed by atoms with Gasteiger partial charge in [-0.3, -0.25) is 9.59 Å². The van der Waals surface area contributed by atoms with Gasteiger partial charge in [0.05, 0.1) is 17.1 Å². The Morgan fingerprint density at radius 3 is 2.79 bits per heavy atom. The molecule has 28 heavy (non-hydrogen) atoms. The quantitative estimate of drug-likeness (QED) is 0.748. The number of para-hydroxylation sites is 1. The van der Waals surface area contributed by atoms with Crippen LogP contribution >= 0.6 is 0 Å². The molecule has 3 heterocycles. The minimum absolute atomic E-state index is 0.0151. The molecule has 7 heteroatoms. The first kappa shape index (κ1) is 16.6. The molecule has 0 radical (unpaired) electrons. The number of nitrogens with zero attached hydrogens (tertiary/aromatic N) is 3. The zero-order valence-electron chi connectivity index (χ0n) is 15.3. The van der Waals surface area contributed by atoms with Crippen molar-refractivity contribution in [3.05, 3.63) is 66.0 Å². The van der Waals surface area contributed by atoms with Crippen LogP contribution in [0, 0.1) is 0 Å². The van der Waals surface area contributed by atoms with E-state index in [1.165, 1.54) is 0 Å². The normalized spacial score (nSPS) is 18.2. The van der Waals surface area contributed by atoms with Gasteiger partial charge in [0.1, 0.15) is 5.75 Å². The van der Waals surface area contributed by atoms with Gasteiger partial charge < -0.3 is 15.0 Å². The lowest BCUT2D eigenvalue weighted by Crippen LogP contribution is -2.36. The molecule has 2 aliphatic heterocycles. The van der Waals surface area contributed by atoms with Crippen LogP contribution in [0.5, 0.6) is 5.75 Å². The summed E-state index contributed by atoms with van der Waals surface area (Å²) in [6, 6.07) is 15.5. The van der Waals surface area contributed by atoms with E-state index in [1.807, 2.05) is 53.2 Å². The number of nitrogens with one attached hydrogen (secondary N) is 1. The minimum atomic E-state index is -0.164. The van der Waals surface area contributed by atoms with E-state index >= 15 is 0 Å². The monoisotopic (exact) mass is 374 g/mol. The lowest BCUT2D eigenvalue weighted by molar-refractivity contribution is -0.121. The van der Waals surface area contributed by atoms with Gasteiger partial charge in [0.15, 0.2) is 6.61 Å². The highest BCUT2D eigenvalue weighted by Gasteiger charge is 2.33. The van der Waals surface area contributed by atoms with E-state index in [0.717, 1.165) is 16.9 Å². The second-order valence-electron chi connectivity index (χ2n) is 6.96. The third kappa shape index (κ3) is 2.55. The predicted molar refractivity (Wildman–Crippen MR) is 104 cm³/mol. The number of amides is 2. The molecule has 2 amide bonds. The van der Waals surface area contributed by atoms with Crippen LogP contribution in [-0.4, -0.2) is 35.2 Å². The van der Waals surface area contributed by atoms with Gasteiger partial charge in [-0.1, -0.05) is 18.2 Å². The van der Waals surface area contributed by atoms with Crippen LogP contribution in [0.3, 0.4) is 0 Å². The highest BCUT2D eigenvalue weighted by Crippen LogP contribution is 2.44. The first-order valence-corrected chi connectivity index (χ1v) is 9.08. The number of hydrogen-bond donors (Lipinski definition) is 1. The topological polar surface area (TPSA) is 76.5 Å². The maximum Gasteiger partial charge on any atom is 0.264 e. The van der Waals surface area contributed by atoms with Crippen molar-refractivity contribution in [2.75, 3.05) is 23.9 Å². The number of carbonyl (C=O) groups is 2. The van der Waals surface area contributed by atoms with Crippen molar-refractivity contribution < 1.29 is 14.3 Å². The smallest absolute Gasteiger partial charge is 0.264 e. The van der Waals surface area contributed by atoms with Gasteiger partial charge in [-0.05, 0) is 35.9 Å². The predicted octanol–water partition coefficient (Wildman–Crippen LogP) is 2.70. The molecule has 2 aromatic carbocycles. The van der Waals surface area contributed by atoms with Gasteiger partial charge in [-0.2, -0.15) is 5.10 Å². The second-order valence-corrected chi connectivity index (χ2v) is 6.96. The molecule has 5 rings (SSSR count). The van der Waals surface area contributed by atoms with E-state index in [4.69, 9.17) is 4.74 Å². The van der Waals surface area contributed by atoms with Crippen molar-refractivity contribution in [1.29, 1.82) is 0 Å². The molecule has 1 atom stereocenters. The number of rotatable bonds is 2. The van der Waals surface area contributed by atoms with E-state index in [0.29, 0.717) is 23.5 Å². The summed E-state index contributed by atoms with van der Waals surface area (Å²) in [5, 5.41) is 7.40. The number of anilines is 2. The summed E-state index contributed by atoms with van der Waals surface area (Å²) in [6.07, 6.45) is 2.06. The van der Waals surface area contributed by atoms with Crippen molar-refractivity contribution in [3.63, 3.8) is 0 Å². The van der Waals surface area contributed by atoms with Gasteiger partial charge >= 0.3 is 0 Å². The van der Waals surface area contributed by atoms with Crippen LogP contribution in [0.15, 0.2) is 54.7 Å². The summed E-state index contributed by atoms with van der Waals surface area (Å²) >= 11 is 0. The maximum absolute atomic E-state index is 12.4. The molecule has 0 fully saturated rings. The van der Waals surface area contributed by atoms with Gasteiger partial charge in [-0.25, -0.2) is 4.68 Å². The standard InChI is InChI=1S/C21H18N4O3/c1-24-18-11-16-14(9-19(18)28-12-21(24)27)15(10-20(26)23-16)17-7-8-22-25(17)13-5-3-2-4-6-13/h2-9,11,15H,10,12H2,1H3,(H,23,26)/t15-/m1/s1. The molecule has 140 valence electrons. The summed E-state index contributed by atoms with van der Waals surface area (Å²) in [7, 11) is 1.71. The average molecular weight is 374 g/mol.